The highest BCUT2D eigenvalue weighted by molar-refractivity contribution is 14.1. The van der Waals surface area contributed by atoms with Gasteiger partial charge < -0.3 is 4.52 Å². The van der Waals surface area contributed by atoms with Crippen LogP contribution < -0.4 is 0 Å². The number of hydrogen-bond acceptors (Lipinski definition) is 3. The van der Waals surface area contributed by atoms with Gasteiger partial charge in [0, 0.05) is 10.7 Å². The van der Waals surface area contributed by atoms with Crippen LogP contribution >= 0.6 is 30.2 Å². The SMILES string of the molecule is CCC1=C(I)C(C2=CC=CC2)OP1(=O)OC. The molecule has 2 aliphatic rings. The molecule has 88 valence electrons. The van der Waals surface area contributed by atoms with E-state index in [0.29, 0.717) is 6.42 Å². The van der Waals surface area contributed by atoms with Crippen molar-refractivity contribution in [3.63, 3.8) is 0 Å². The van der Waals surface area contributed by atoms with Gasteiger partial charge in [-0.2, -0.15) is 0 Å². The molecule has 0 amide bonds. The summed E-state index contributed by atoms with van der Waals surface area (Å²) in [5.41, 5.74) is 1.16. The molecule has 0 bridgehead atoms. The Labute approximate surface area is 109 Å². The van der Waals surface area contributed by atoms with Gasteiger partial charge in [-0.25, -0.2) is 0 Å². The van der Waals surface area contributed by atoms with Crippen LogP contribution in [-0.4, -0.2) is 13.2 Å². The summed E-state index contributed by atoms with van der Waals surface area (Å²) < 4.78 is 24.1. The second-order valence-corrected chi connectivity index (χ2v) is 6.96. The Bertz CT molecular complexity index is 437. The Hall–Kier alpha value is 0.1000. The van der Waals surface area contributed by atoms with E-state index < -0.39 is 7.60 Å². The monoisotopic (exact) mass is 352 g/mol. The van der Waals surface area contributed by atoms with E-state index in [4.69, 9.17) is 9.05 Å². The van der Waals surface area contributed by atoms with Crippen molar-refractivity contribution in [1.82, 2.24) is 0 Å². The maximum Gasteiger partial charge on any atom is 0.358 e. The van der Waals surface area contributed by atoms with Crippen molar-refractivity contribution in [2.45, 2.75) is 25.9 Å². The summed E-state index contributed by atoms with van der Waals surface area (Å²) in [6.07, 6.45) is 7.52. The molecule has 1 aliphatic heterocycles. The summed E-state index contributed by atoms with van der Waals surface area (Å²) in [4.78, 5) is 0. The smallest absolute Gasteiger partial charge is 0.309 e. The highest BCUT2D eigenvalue weighted by Gasteiger charge is 2.43. The van der Waals surface area contributed by atoms with Gasteiger partial charge in [0.25, 0.3) is 0 Å². The molecule has 16 heavy (non-hydrogen) atoms. The summed E-state index contributed by atoms with van der Waals surface area (Å²) in [7, 11) is -1.57. The lowest BCUT2D eigenvalue weighted by atomic mass is 10.1. The summed E-state index contributed by atoms with van der Waals surface area (Å²) in [5, 5.41) is 0.827. The summed E-state index contributed by atoms with van der Waals surface area (Å²) in [5.74, 6) is 0. The van der Waals surface area contributed by atoms with Gasteiger partial charge in [-0.1, -0.05) is 25.2 Å². The fraction of sp³-hybridized carbons (Fsp3) is 0.455. The third-order valence-corrected chi connectivity index (χ3v) is 6.62. The van der Waals surface area contributed by atoms with Crippen LogP contribution in [0, 0.1) is 0 Å². The largest absolute Gasteiger partial charge is 0.358 e. The molecule has 0 aromatic heterocycles. The highest BCUT2D eigenvalue weighted by Crippen LogP contribution is 2.66. The molecule has 0 N–H and O–H groups in total. The van der Waals surface area contributed by atoms with E-state index >= 15 is 0 Å². The average molecular weight is 352 g/mol. The third kappa shape index (κ3) is 1.96. The lowest BCUT2D eigenvalue weighted by Crippen LogP contribution is -2.08. The van der Waals surface area contributed by atoms with Gasteiger partial charge in [0.1, 0.15) is 6.10 Å². The molecule has 0 saturated heterocycles. The second kappa shape index (κ2) is 4.77. The summed E-state index contributed by atoms with van der Waals surface area (Å²) in [6, 6.07) is 0. The van der Waals surface area contributed by atoms with Crippen LogP contribution in [0.5, 0.6) is 0 Å². The van der Waals surface area contributed by atoms with Gasteiger partial charge in [0.15, 0.2) is 0 Å². The van der Waals surface area contributed by atoms with Crippen molar-refractivity contribution >= 4 is 30.2 Å². The Balaban J connectivity index is 2.33. The molecular formula is C11H14IO3P. The van der Waals surface area contributed by atoms with E-state index in [-0.39, 0.29) is 6.10 Å². The van der Waals surface area contributed by atoms with Crippen molar-refractivity contribution in [3.8, 4) is 0 Å². The van der Waals surface area contributed by atoms with E-state index in [1.165, 1.54) is 7.11 Å². The minimum absolute atomic E-state index is 0.170. The molecule has 1 aliphatic carbocycles. The summed E-state index contributed by atoms with van der Waals surface area (Å²) >= 11 is 2.23. The van der Waals surface area contributed by atoms with Gasteiger partial charge in [-0.05, 0) is 41.0 Å². The fourth-order valence-corrected chi connectivity index (χ4v) is 5.65. The van der Waals surface area contributed by atoms with Crippen LogP contribution in [0.25, 0.3) is 0 Å². The molecule has 0 aromatic carbocycles. The number of halogens is 1. The minimum atomic E-state index is -3.02. The first kappa shape index (κ1) is 12.6. The highest BCUT2D eigenvalue weighted by atomic mass is 127. The standard InChI is InChI=1S/C11H14IO3P/c1-3-9-10(12)11(8-6-4-5-7-8)15-16(9,13)14-2/h4-6,11H,3,7H2,1-2H3. The Kier molecular flexibility index (Phi) is 3.74. The van der Waals surface area contributed by atoms with E-state index in [2.05, 4.69) is 28.7 Å². The Morgan fingerprint density at radius 1 is 1.69 bits per heavy atom. The van der Waals surface area contributed by atoms with Crippen molar-refractivity contribution in [1.29, 1.82) is 0 Å². The maximum atomic E-state index is 12.4. The quantitative estimate of drug-likeness (QED) is 0.565. The zero-order valence-corrected chi connectivity index (χ0v) is 12.3. The molecule has 5 heteroatoms. The second-order valence-electron chi connectivity index (χ2n) is 3.69. The zero-order valence-electron chi connectivity index (χ0n) is 9.27. The van der Waals surface area contributed by atoms with Crippen molar-refractivity contribution in [2.75, 3.05) is 7.11 Å². The third-order valence-electron chi connectivity index (χ3n) is 2.79. The van der Waals surface area contributed by atoms with E-state index in [1.807, 2.05) is 19.1 Å². The molecule has 0 radical (unpaired) electrons. The zero-order chi connectivity index (χ0) is 11.8. The molecule has 0 spiro atoms. The van der Waals surface area contributed by atoms with Crippen molar-refractivity contribution in [2.24, 2.45) is 0 Å². The normalized spacial score (nSPS) is 33.7. The van der Waals surface area contributed by atoms with Gasteiger partial charge in [-0.15, -0.1) is 0 Å². The van der Waals surface area contributed by atoms with Crippen LogP contribution in [0.3, 0.4) is 0 Å². The number of allylic oxidation sites excluding steroid dienone is 4. The van der Waals surface area contributed by atoms with E-state index in [9.17, 15) is 4.57 Å². The average Bonchev–Trinajstić information content (AvgIpc) is 2.86. The molecule has 0 saturated carbocycles. The number of rotatable bonds is 3. The predicted octanol–water partition coefficient (Wildman–Crippen LogP) is 4.17. The van der Waals surface area contributed by atoms with Crippen molar-refractivity contribution < 1.29 is 13.6 Å². The lowest BCUT2D eigenvalue weighted by Gasteiger charge is -2.15. The molecule has 0 aromatic rings. The molecule has 2 rings (SSSR count). The van der Waals surface area contributed by atoms with Crippen LogP contribution in [0.4, 0.5) is 0 Å². The molecule has 0 fully saturated rings. The van der Waals surface area contributed by atoms with Gasteiger partial charge in [-0.3, -0.25) is 9.09 Å². The van der Waals surface area contributed by atoms with Crippen LogP contribution in [0.2, 0.25) is 0 Å². The van der Waals surface area contributed by atoms with Gasteiger partial charge in [0.2, 0.25) is 0 Å². The molecule has 2 unspecified atom stereocenters. The molecule has 1 heterocycles. The minimum Gasteiger partial charge on any atom is -0.309 e. The Morgan fingerprint density at radius 3 is 2.88 bits per heavy atom. The molecule has 3 nitrogen and oxygen atoms in total. The maximum absolute atomic E-state index is 12.4. The van der Waals surface area contributed by atoms with Crippen LogP contribution in [0.1, 0.15) is 19.8 Å². The van der Waals surface area contributed by atoms with E-state index in [1.54, 1.807) is 0 Å². The predicted molar refractivity (Wildman–Crippen MR) is 72.7 cm³/mol. The topological polar surface area (TPSA) is 35.5 Å². The van der Waals surface area contributed by atoms with Crippen LogP contribution in [-0.2, 0) is 13.6 Å². The lowest BCUT2D eigenvalue weighted by molar-refractivity contribution is 0.229. The number of hydrogen-bond donors (Lipinski definition) is 0. The van der Waals surface area contributed by atoms with E-state index in [0.717, 1.165) is 20.9 Å². The first-order valence-electron chi connectivity index (χ1n) is 5.21. The molecule has 2 atom stereocenters. The Morgan fingerprint density at radius 2 is 2.44 bits per heavy atom. The van der Waals surface area contributed by atoms with Gasteiger partial charge in [0.05, 0.1) is 5.31 Å². The van der Waals surface area contributed by atoms with Gasteiger partial charge >= 0.3 is 7.60 Å². The summed E-state index contributed by atoms with van der Waals surface area (Å²) in [6.45, 7) is 1.98. The van der Waals surface area contributed by atoms with Crippen molar-refractivity contribution in [3.05, 3.63) is 32.7 Å². The molecular weight excluding hydrogens is 338 g/mol. The van der Waals surface area contributed by atoms with Crippen LogP contribution in [0.15, 0.2) is 32.7 Å². The first-order chi connectivity index (χ1) is 7.62. The fourth-order valence-electron chi connectivity index (χ4n) is 1.94. The first-order valence-corrected chi connectivity index (χ1v) is 7.83.